The lowest BCUT2D eigenvalue weighted by molar-refractivity contribution is -0.119. The lowest BCUT2D eigenvalue weighted by atomic mass is 9.81. The van der Waals surface area contributed by atoms with Gasteiger partial charge in [0, 0.05) is 17.1 Å². The molecule has 4 atom stereocenters. The molecule has 3 aromatic carbocycles. The minimum absolute atomic E-state index is 0.0755. The third-order valence-electron chi connectivity index (χ3n) is 8.29. The summed E-state index contributed by atoms with van der Waals surface area (Å²) in [6.45, 7) is 2.63. The molecule has 1 amide bonds. The van der Waals surface area contributed by atoms with Gasteiger partial charge in [0.1, 0.15) is 11.9 Å². The summed E-state index contributed by atoms with van der Waals surface area (Å²) in [4.78, 5) is 28.2. The van der Waals surface area contributed by atoms with Gasteiger partial charge in [-0.3, -0.25) is 4.79 Å². The number of anilines is 2. The second-order valence-electron chi connectivity index (χ2n) is 11.0. The van der Waals surface area contributed by atoms with Crippen LogP contribution in [0.25, 0.3) is 10.9 Å². The standard InChI is InChI=1S/C30H25Cl2FN4O4/c1-14-26-27(37-29(41-14)18-9-7-16(30(39)40)11-21(18)35-37)24(19-3-2-4-20(32)25(19)33)28(38)34-22-12-17(31)8-10-23(22)36(26)13-15-5-6-15/h2-4,7-12,14-15,24,26-27H,5-6,13H2,1H3,(H,34,38)(H,39,40)/t14-,24-,26-,27-/m1/s1. The molecular formula is C30H25Cl2FN4O4. The number of hydrogen-bond donors (Lipinski definition) is 2. The molecule has 1 aliphatic carbocycles. The van der Waals surface area contributed by atoms with Crippen LogP contribution >= 0.6 is 23.2 Å². The molecule has 1 saturated carbocycles. The van der Waals surface area contributed by atoms with Crippen LogP contribution in [0.4, 0.5) is 15.8 Å². The highest BCUT2D eigenvalue weighted by Crippen LogP contribution is 2.50. The zero-order valence-electron chi connectivity index (χ0n) is 21.9. The zero-order chi connectivity index (χ0) is 28.6. The quantitative estimate of drug-likeness (QED) is 0.279. The Bertz CT molecular complexity index is 1740. The van der Waals surface area contributed by atoms with Gasteiger partial charge in [0.15, 0.2) is 0 Å². The molecule has 2 N–H and O–H groups in total. The molecule has 1 fully saturated rings. The number of amides is 1. The third-order valence-corrected chi connectivity index (χ3v) is 8.81. The van der Waals surface area contributed by atoms with Crippen molar-refractivity contribution in [1.29, 1.82) is 0 Å². The van der Waals surface area contributed by atoms with E-state index in [1.807, 2.05) is 13.0 Å². The van der Waals surface area contributed by atoms with Gasteiger partial charge in [0.05, 0.1) is 50.9 Å². The Hall–Kier alpha value is -3.82. The molecule has 1 aromatic heterocycles. The summed E-state index contributed by atoms with van der Waals surface area (Å²) < 4.78 is 23.9. The second kappa shape index (κ2) is 9.63. The fourth-order valence-corrected chi connectivity index (χ4v) is 6.60. The number of benzene rings is 3. The number of halogens is 3. The van der Waals surface area contributed by atoms with E-state index in [2.05, 4.69) is 10.2 Å². The number of fused-ring (bicyclic) bond motifs is 6. The molecule has 2 aliphatic heterocycles. The van der Waals surface area contributed by atoms with Crippen LogP contribution in [-0.4, -0.2) is 45.5 Å². The van der Waals surface area contributed by atoms with Crippen molar-refractivity contribution < 1.29 is 23.8 Å². The SMILES string of the molecule is C[C@H]1Oc2c3ccc(C(=O)O)cc3nn2[C@H]2[C@@H]1N(CC1CC1)c1ccc(Cl)cc1NC(=O)[C@@H]2c1cccc(Cl)c1F. The first kappa shape index (κ1) is 26.1. The first-order chi connectivity index (χ1) is 19.7. The van der Waals surface area contributed by atoms with Crippen LogP contribution < -0.4 is 15.0 Å². The van der Waals surface area contributed by atoms with Crippen molar-refractivity contribution in [3.05, 3.63) is 81.6 Å². The molecule has 4 aromatic rings. The van der Waals surface area contributed by atoms with Crippen LogP contribution in [0.3, 0.4) is 0 Å². The first-order valence-electron chi connectivity index (χ1n) is 13.4. The predicted octanol–water partition coefficient (Wildman–Crippen LogP) is 6.52. The normalized spacial score (nSPS) is 23.5. The van der Waals surface area contributed by atoms with E-state index in [9.17, 15) is 14.7 Å². The highest BCUT2D eigenvalue weighted by Gasteiger charge is 2.51. The average molecular weight is 595 g/mol. The number of carboxylic acid groups (broad SMARTS) is 1. The van der Waals surface area contributed by atoms with Gasteiger partial charge in [-0.05, 0) is 68.1 Å². The Morgan fingerprint density at radius 1 is 1.15 bits per heavy atom. The van der Waals surface area contributed by atoms with Crippen LogP contribution in [0.2, 0.25) is 10.0 Å². The van der Waals surface area contributed by atoms with Crippen molar-refractivity contribution in [3.63, 3.8) is 0 Å². The van der Waals surface area contributed by atoms with E-state index < -0.39 is 41.8 Å². The highest BCUT2D eigenvalue weighted by atomic mass is 35.5. The summed E-state index contributed by atoms with van der Waals surface area (Å²) in [5.41, 5.74) is 1.93. The Balaban J connectivity index is 1.51. The van der Waals surface area contributed by atoms with E-state index in [1.54, 1.807) is 35.0 Å². The van der Waals surface area contributed by atoms with E-state index in [1.165, 1.54) is 18.2 Å². The number of carboxylic acids is 1. The maximum atomic E-state index is 15.8. The number of aromatic carboxylic acids is 1. The van der Waals surface area contributed by atoms with E-state index in [0.717, 1.165) is 18.5 Å². The monoisotopic (exact) mass is 594 g/mol. The van der Waals surface area contributed by atoms with Crippen LogP contribution in [0.5, 0.6) is 5.88 Å². The molecule has 11 heteroatoms. The minimum Gasteiger partial charge on any atom is -0.478 e. The summed E-state index contributed by atoms with van der Waals surface area (Å²) >= 11 is 12.6. The number of aromatic nitrogens is 2. The number of rotatable bonds is 4. The van der Waals surface area contributed by atoms with Gasteiger partial charge in [-0.15, -0.1) is 0 Å². The number of carbonyl (C=O) groups excluding carboxylic acids is 1. The van der Waals surface area contributed by atoms with Gasteiger partial charge in [-0.2, -0.15) is 5.10 Å². The Kier molecular flexibility index (Phi) is 6.13. The number of nitrogens with one attached hydrogen (secondary N) is 1. The van der Waals surface area contributed by atoms with Crippen LogP contribution in [-0.2, 0) is 4.79 Å². The van der Waals surface area contributed by atoms with Crippen molar-refractivity contribution in [1.82, 2.24) is 9.78 Å². The van der Waals surface area contributed by atoms with Gasteiger partial charge in [0.2, 0.25) is 11.8 Å². The smallest absolute Gasteiger partial charge is 0.335 e. The molecule has 0 radical (unpaired) electrons. The van der Waals surface area contributed by atoms with Gasteiger partial charge >= 0.3 is 5.97 Å². The van der Waals surface area contributed by atoms with Gasteiger partial charge in [0.25, 0.3) is 0 Å². The lowest BCUT2D eigenvalue weighted by Gasteiger charge is -2.48. The van der Waals surface area contributed by atoms with E-state index >= 15 is 4.39 Å². The maximum absolute atomic E-state index is 15.8. The molecule has 0 spiro atoms. The Labute approximate surface area is 244 Å². The molecule has 41 heavy (non-hydrogen) atoms. The number of ether oxygens (including phenoxy) is 1. The lowest BCUT2D eigenvalue weighted by Crippen LogP contribution is -2.57. The molecule has 210 valence electrons. The second-order valence-corrected chi connectivity index (χ2v) is 11.8. The molecule has 8 nitrogen and oxygen atoms in total. The van der Waals surface area contributed by atoms with Crippen molar-refractivity contribution in [3.8, 4) is 5.88 Å². The minimum atomic E-state index is -1.08. The Morgan fingerprint density at radius 3 is 2.71 bits per heavy atom. The molecule has 7 rings (SSSR count). The van der Waals surface area contributed by atoms with E-state index in [0.29, 0.717) is 40.0 Å². The molecular weight excluding hydrogens is 570 g/mol. The van der Waals surface area contributed by atoms with Crippen molar-refractivity contribution in [2.75, 3.05) is 16.8 Å². The zero-order valence-corrected chi connectivity index (χ0v) is 23.4. The van der Waals surface area contributed by atoms with Gasteiger partial charge in [-0.1, -0.05) is 35.3 Å². The molecule has 0 bridgehead atoms. The van der Waals surface area contributed by atoms with E-state index in [-0.39, 0.29) is 16.1 Å². The third kappa shape index (κ3) is 4.30. The van der Waals surface area contributed by atoms with Gasteiger partial charge < -0.3 is 20.1 Å². The van der Waals surface area contributed by atoms with Crippen molar-refractivity contribution in [2.24, 2.45) is 5.92 Å². The molecule has 0 unspecified atom stereocenters. The number of hydrogen-bond acceptors (Lipinski definition) is 5. The van der Waals surface area contributed by atoms with Crippen molar-refractivity contribution >= 4 is 57.4 Å². The first-order valence-corrected chi connectivity index (χ1v) is 14.2. The van der Waals surface area contributed by atoms with Crippen LogP contribution in [0, 0.1) is 11.7 Å². The topological polar surface area (TPSA) is 96.7 Å². The fourth-order valence-electron chi connectivity index (χ4n) is 6.25. The van der Waals surface area contributed by atoms with E-state index in [4.69, 9.17) is 33.0 Å². The maximum Gasteiger partial charge on any atom is 0.335 e. The average Bonchev–Trinajstić information content (AvgIpc) is 3.68. The van der Waals surface area contributed by atoms with Crippen LogP contribution in [0.1, 0.15) is 47.6 Å². The molecule has 3 heterocycles. The summed E-state index contributed by atoms with van der Waals surface area (Å²) in [6, 6.07) is 13.4. The largest absolute Gasteiger partial charge is 0.478 e. The summed E-state index contributed by atoms with van der Waals surface area (Å²) in [6.07, 6.45) is 1.71. The Morgan fingerprint density at radius 2 is 1.95 bits per heavy atom. The summed E-state index contributed by atoms with van der Waals surface area (Å²) in [5, 5.41) is 18.4. The fraction of sp³-hybridized carbons (Fsp3) is 0.300. The molecule has 3 aliphatic rings. The highest BCUT2D eigenvalue weighted by molar-refractivity contribution is 6.31. The van der Waals surface area contributed by atoms with Crippen molar-refractivity contribution in [2.45, 2.75) is 43.9 Å². The van der Waals surface area contributed by atoms with Crippen LogP contribution in [0.15, 0.2) is 54.6 Å². The molecule has 0 saturated heterocycles. The number of carbonyl (C=O) groups is 2. The number of nitrogens with zero attached hydrogens (tertiary/aromatic N) is 3. The predicted molar refractivity (Wildman–Crippen MR) is 154 cm³/mol. The summed E-state index contributed by atoms with van der Waals surface area (Å²) in [7, 11) is 0. The van der Waals surface area contributed by atoms with Gasteiger partial charge in [-0.25, -0.2) is 13.9 Å². The summed E-state index contributed by atoms with van der Waals surface area (Å²) in [5.74, 6) is -2.42.